The fraction of sp³-hybridized carbons (Fsp3) is 0.238. The van der Waals surface area contributed by atoms with Crippen molar-refractivity contribution in [1.29, 1.82) is 0 Å². The average molecular weight is 383 g/mol. The number of anilines is 4. The van der Waals surface area contributed by atoms with Crippen LogP contribution in [0.25, 0.3) is 0 Å². The van der Waals surface area contributed by atoms with Crippen LogP contribution in [-0.2, 0) is 5.41 Å². The molecule has 0 atom stereocenters. The van der Waals surface area contributed by atoms with Crippen LogP contribution in [0.5, 0.6) is 5.75 Å². The van der Waals surface area contributed by atoms with Crippen molar-refractivity contribution >= 4 is 34.7 Å². The Morgan fingerprint density at radius 1 is 1.00 bits per heavy atom. The highest BCUT2D eigenvalue weighted by atomic mass is 35.5. The van der Waals surface area contributed by atoms with Gasteiger partial charge in [0.15, 0.2) is 0 Å². The Hall–Kier alpha value is -2.79. The van der Waals surface area contributed by atoms with Crippen LogP contribution in [0, 0.1) is 0 Å². The van der Waals surface area contributed by atoms with Crippen molar-refractivity contribution in [2.45, 2.75) is 26.2 Å². The van der Waals surface area contributed by atoms with Gasteiger partial charge in [-0.15, -0.1) is 0 Å². The molecule has 3 aromatic rings. The van der Waals surface area contributed by atoms with E-state index in [1.807, 2.05) is 30.3 Å². The monoisotopic (exact) mass is 382 g/mol. The van der Waals surface area contributed by atoms with Gasteiger partial charge in [0.05, 0.1) is 12.1 Å². The summed E-state index contributed by atoms with van der Waals surface area (Å²) in [6, 6.07) is 15.5. The number of halogens is 1. The molecule has 0 radical (unpaired) electrons. The lowest BCUT2D eigenvalue weighted by molar-refractivity contribution is 0.415. The van der Waals surface area contributed by atoms with Crippen LogP contribution >= 0.6 is 11.6 Å². The molecule has 0 bridgehead atoms. The maximum Gasteiger partial charge on any atom is 0.229 e. The zero-order chi connectivity index (χ0) is 19.4. The van der Waals surface area contributed by atoms with Crippen molar-refractivity contribution in [2.75, 3.05) is 17.7 Å². The molecule has 0 aliphatic rings. The summed E-state index contributed by atoms with van der Waals surface area (Å²) in [5.74, 6) is 1.82. The molecule has 27 heavy (non-hydrogen) atoms. The van der Waals surface area contributed by atoms with Crippen molar-refractivity contribution in [3.63, 3.8) is 0 Å². The Morgan fingerprint density at radius 3 is 2.48 bits per heavy atom. The maximum absolute atomic E-state index is 6.18. The van der Waals surface area contributed by atoms with E-state index in [0.717, 1.165) is 11.4 Å². The first kappa shape index (κ1) is 19.0. The number of hydrogen-bond donors (Lipinski definition) is 2. The van der Waals surface area contributed by atoms with Crippen molar-refractivity contribution in [1.82, 2.24) is 9.97 Å². The Labute approximate surface area is 164 Å². The van der Waals surface area contributed by atoms with Crippen molar-refractivity contribution < 1.29 is 4.74 Å². The normalized spacial score (nSPS) is 11.1. The standard InChI is InChI=1S/C21H23ClN4O/c1-21(2,3)15-7-5-6-8-17(15)25-20-23-12-11-19(26-20)24-14-9-10-18(27-4)16(22)13-14/h5-13H,1-4H3,(H2,23,24,25,26). The van der Waals surface area contributed by atoms with E-state index in [4.69, 9.17) is 16.3 Å². The predicted octanol–water partition coefficient (Wildman–Crippen LogP) is 5.92. The Balaban J connectivity index is 1.82. The van der Waals surface area contributed by atoms with Crippen molar-refractivity contribution in [3.05, 3.63) is 65.3 Å². The molecule has 5 nitrogen and oxygen atoms in total. The number of nitrogens with one attached hydrogen (secondary N) is 2. The van der Waals surface area contributed by atoms with E-state index >= 15 is 0 Å². The van der Waals surface area contributed by atoms with Crippen LogP contribution in [-0.4, -0.2) is 17.1 Å². The van der Waals surface area contributed by atoms with E-state index in [1.165, 1.54) is 5.56 Å². The van der Waals surface area contributed by atoms with Gasteiger partial charge in [-0.2, -0.15) is 4.98 Å². The largest absolute Gasteiger partial charge is 0.495 e. The van der Waals surface area contributed by atoms with Crippen molar-refractivity contribution in [2.24, 2.45) is 0 Å². The van der Waals surface area contributed by atoms with Crippen LogP contribution in [0.15, 0.2) is 54.7 Å². The minimum Gasteiger partial charge on any atom is -0.495 e. The van der Waals surface area contributed by atoms with Crippen molar-refractivity contribution in [3.8, 4) is 5.75 Å². The summed E-state index contributed by atoms with van der Waals surface area (Å²) in [6.45, 7) is 6.54. The Bertz CT molecular complexity index is 937. The number of ether oxygens (including phenoxy) is 1. The summed E-state index contributed by atoms with van der Waals surface area (Å²) >= 11 is 6.18. The molecule has 0 saturated heterocycles. The summed E-state index contributed by atoms with van der Waals surface area (Å²) < 4.78 is 5.18. The maximum atomic E-state index is 6.18. The summed E-state index contributed by atoms with van der Waals surface area (Å²) in [5.41, 5.74) is 3.03. The summed E-state index contributed by atoms with van der Waals surface area (Å²) in [4.78, 5) is 8.89. The lowest BCUT2D eigenvalue weighted by Crippen LogP contribution is -2.14. The number of methoxy groups -OCH3 is 1. The predicted molar refractivity (Wildman–Crippen MR) is 112 cm³/mol. The molecule has 0 spiro atoms. The van der Waals surface area contributed by atoms with Gasteiger partial charge in [0.25, 0.3) is 0 Å². The first-order chi connectivity index (χ1) is 12.9. The van der Waals surface area contributed by atoms with E-state index in [1.54, 1.807) is 25.4 Å². The molecule has 0 amide bonds. The number of rotatable bonds is 5. The van der Waals surface area contributed by atoms with Crippen LogP contribution < -0.4 is 15.4 Å². The van der Waals surface area contributed by atoms with E-state index in [0.29, 0.717) is 22.5 Å². The molecule has 0 fully saturated rings. The highest BCUT2D eigenvalue weighted by Gasteiger charge is 2.18. The highest BCUT2D eigenvalue weighted by Crippen LogP contribution is 2.31. The molecular formula is C21H23ClN4O. The molecule has 140 valence electrons. The minimum absolute atomic E-state index is 0.0132. The third kappa shape index (κ3) is 4.68. The average Bonchev–Trinajstić information content (AvgIpc) is 2.62. The first-order valence-corrected chi connectivity index (χ1v) is 9.05. The van der Waals surface area contributed by atoms with Crippen LogP contribution in [0.3, 0.4) is 0 Å². The van der Waals surface area contributed by atoms with E-state index in [-0.39, 0.29) is 5.41 Å². The molecule has 0 aliphatic carbocycles. The molecule has 0 aliphatic heterocycles. The van der Waals surface area contributed by atoms with Gasteiger partial charge in [-0.25, -0.2) is 4.98 Å². The third-order valence-corrected chi connectivity index (χ3v) is 4.36. The zero-order valence-electron chi connectivity index (χ0n) is 15.9. The van der Waals surface area contributed by atoms with Crippen LogP contribution in [0.1, 0.15) is 26.3 Å². The van der Waals surface area contributed by atoms with E-state index < -0.39 is 0 Å². The van der Waals surface area contributed by atoms with Gasteiger partial charge in [0.1, 0.15) is 11.6 Å². The number of para-hydroxylation sites is 1. The molecule has 3 rings (SSSR count). The lowest BCUT2D eigenvalue weighted by Gasteiger charge is -2.23. The molecule has 2 aromatic carbocycles. The van der Waals surface area contributed by atoms with Gasteiger partial charge >= 0.3 is 0 Å². The minimum atomic E-state index is 0.0132. The van der Waals surface area contributed by atoms with Gasteiger partial charge in [-0.05, 0) is 41.3 Å². The molecule has 0 saturated carbocycles. The van der Waals surface area contributed by atoms with E-state index in [2.05, 4.69) is 47.4 Å². The fourth-order valence-electron chi connectivity index (χ4n) is 2.75. The number of nitrogens with zero attached hydrogens (tertiary/aromatic N) is 2. The molecule has 1 aromatic heterocycles. The highest BCUT2D eigenvalue weighted by molar-refractivity contribution is 6.32. The van der Waals surface area contributed by atoms with Gasteiger partial charge in [-0.1, -0.05) is 50.6 Å². The first-order valence-electron chi connectivity index (χ1n) is 8.67. The second kappa shape index (κ2) is 7.84. The lowest BCUT2D eigenvalue weighted by atomic mass is 9.86. The molecular weight excluding hydrogens is 360 g/mol. The van der Waals surface area contributed by atoms with E-state index in [9.17, 15) is 0 Å². The quantitative estimate of drug-likeness (QED) is 0.573. The van der Waals surface area contributed by atoms with Crippen LogP contribution in [0.4, 0.5) is 23.1 Å². The number of aromatic nitrogens is 2. The zero-order valence-corrected chi connectivity index (χ0v) is 16.6. The molecule has 1 heterocycles. The third-order valence-electron chi connectivity index (χ3n) is 4.06. The molecule has 0 unspecified atom stereocenters. The number of benzene rings is 2. The smallest absolute Gasteiger partial charge is 0.229 e. The van der Waals surface area contributed by atoms with Gasteiger partial charge in [-0.3, -0.25) is 0 Å². The summed E-state index contributed by atoms with van der Waals surface area (Å²) in [5, 5.41) is 7.10. The number of hydrogen-bond acceptors (Lipinski definition) is 5. The fourth-order valence-corrected chi connectivity index (χ4v) is 3.00. The van der Waals surface area contributed by atoms with Gasteiger partial charge in [0, 0.05) is 17.6 Å². The summed E-state index contributed by atoms with van der Waals surface area (Å²) in [6.07, 6.45) is 1.71. The SMILES string of the molecule is COc1ccc(Nc2ccnc(Nc3ccccc3C(C)(C)C)n2)cc1Cl. The van der Waals surface area contributed by atoms with Crippen LogP contribution in [0.2, 0.25) is 5.02 Å². The molecule has 6 heteroatoms. The second-order valence-corrected chi connectivity index (χ2v) is 7.57. The Kier molecular flexibility index (Phi) is 5.51. The second-order valence-electron chi connectivity index (χ2n) is 7.16. The summed E-state index contributed by atoms with van der Waals surface area (Å²) in [7, 11) is 1.59. The van der Waals surface area contributed by atoms with Gasteiger partial charge in [0.2, 0.25) is 5.95 Å². The Morgan fingerprint density at radius 2 is 1.78 bits per heavy atom. The topological polar surface area (TPSA) is 59.1 Å². The van der Waals surface area contributed by atoms with Gasteiger partial charge < -0.3 is 15.4 Å². The molecule has 2 N–H and O–H groups in total.